The zero-order chi connectivity index (χ0) is 13.9. The Kier molecular flexibility index (Phi) is 4.05. The van der Waals surface area contributed by atoms with Crippen molar-refractivity contribution in [2.24, 2.45) is 0 Å². The molecule has 1 N–H and O–H groups in total. The van der Waals surface area contributed by atoms with E-state index in [1.54, 1.807) is 0 Å². The highest BCUT2D eigenvalue weighted by Gasteiger charge is 2.13. The lowest BCUT2D eigenvalue weighted by Crippen LogP contribution is -2.11. The molecule has 2 rings (SSSR count). The first-order valence-corrected chi connectivity index (χ1v) is 6.81. The molecule has 0 spiro atoms. The van der Waals surface area contributed by atoms with E-state index in [-0.39, 0.29) is 5.41 Å². The summed E-state index contributed by atoms with van der Waals surface area (Å²) in [7, 11) is 1.96. The maximum atomic E-state index is 4.59. The maximum Gasteiger partial charge on any atom is 0.0645 e. The molecular weight excluding hydrogens is 234 g/mol. The number of benzene rings is 1. The molecular formula is C16H23N3. The summed E-state index contributed by atoms with van der Waals surface area (Å²) < 4.78 is 1.94. The van der Waals surface area contributed by atoms with Gasteiger partial charge in [-0.2, -0.15) is 5.10 Å². The van der Waals surface area contributed by atoms with Crippen molar-refractivity contribution < 1.29 is 0 Å². The van der Waals surface area contributed by atoms with Crippen LogP contribution in [0.4, 0.5) is 0 Å². The van der Waals surface area contributed by atoms with E-state index in [9.17, 15) is 0 Å². The molecule has 0 aliphatic rings. The zero-order valence-corrected chi connectivity index (χ0v) is 12.3. The second kappa shape index (κ2) is 5.57. The second-order valence-corrected chi connectivity index (χ2v) is 5.90. The molecule has 19 heavy (non-hydrogen) atoms. The summed E-state index contributed by atoms with van der Waals surface area (Å²) in [6, 6.07) is 10.7. The first-order chi connectivity index (χ1) is 9.00. The molecule has 0 bridgehead atoms. The van der Waals surface area contributed by atoms with Crippen molar-refractivity contribution in [1.29, 1.82) is 0 Å². The van der Waals surface area contributed by atoms with Gasteiger partial charge in [0.25, 0.3) is 0 Å². The quantitative estimate of drug-likeness (QED) is 0.912. The van der Waals surface area contributed by atoms with Crippen LogP contribution in [0.1, 0.15) is 32.0 Å². The molecule has 3 nitrogen and oxygen atoms in total. The van der Waals surface area contributed by atoms with Crippen molar-refractivity contribution in [2.75, 3.05) is 13.6 Å². The van der Waals surface area contributed by atoms with E-state index in [1.807, 2.05) is 17.9 Å². The molecule has 0 aliphatic carbocycles. The molecule has 1 aromatic carbocycles. The third-order valence-electron chi connectivity index (χ3n) is 3.27. The Balaban J connectivity index is 2.16. The average Bonchev–Trinajstić information content (AvgIpc) is 2.84. The average molecular weight is 257 g/mol. The fourth-order valence-electron chi connectivity index (χ4n) is 2.01. The SMILES string of the molecule is CNCCc1ccn(-c2ccc(C(C)(C)C)cc2)n1. The van der Waals surface area contributed by atoms with Gasteiger partial charge < -0.3 is 5.32 Å². The molecule has 0 aliphatic heterocycles. The Bertz CT molecular complexity index is 518. The summed E-state index contributed by atoms with van der Waals surface area (Å²) in [5.74, 6) is 0. The van der Waals surface area contributed by atoms with Crippen LogP contribution in [-0.2, 0) is 11.8 Å². The van der Waals surface area contributed by atoms with Crippen molar-refractivity contribution in [1.82, 2.24) is 15.1 Å². The van der Waals surface area contributed by atoms with Crippen LogP contribution in [0.5, 0.6) is 0 Å². The van der Waals surface area contributed by atoms with Gasteiger partial charge in [0.1, 0.15) is 0 Å². The van der Waals surface area contributed by atoms with Crippen molar-refractivity contribution in [3.8, 4) is 5.69 Å². The number of aromatic nitrogens is 2. The summed E-state index contributed by atoms with van der Waals surface area (Å²) in [5, 5.41) is 7.73. The number of nitrogens with zero attached hydrogens (tertiary/aromatic N) is 2. The molecule has 1 heterocycles. The van der Waals surface area contributed by atoms with Crippen LogP contribution in [0.15, 0.2) is 36.5 Å². The molecule has 2 aromatic rings. The van der Waals surface area contributed by atoms with Gasteiger partial charge in [-0.1, -0.05) is 32.9 Å². The van der Waals surface area contributed by atoms with Crippen LogP contribution in [-0.4, -0.2) is 23.4 Å². The van der Waals surface area contributed by atoms with Gasteiger partial charge >= 0.3 is 0 Å². The standard InChI is InChI=1S/C16H23N3/c1-16(2,3)13-5-7-15(8-6-13)19-12-10-14(18-19)9-11-17-4/h5-8,10,12,17H,9,11H2,1-4H3. The smallest absolute Gasteiger partial charge is 0.0645 e. The van der Waals surface area contributed by atoms with Crippen LogP contribution in [0.25, 0.3) is 5.69 Å². The molecule has 0 radical (unpaired) electrons. The summed E-state index contributed by atoms with van der Waals surface area (Å²) in [4.78, 5) is 0. The van der Waals surface area contributed by atoms with Gasteiger partial charge in [-0.15, -0.1) is 0 Å². The third-order valence-corrected chi connectivity index (χ3v) is 3.27. The fraction of sp³-hybridized carbons (Fsp3) is 0.438. The van der Waals surface area contributed by atoms with Crippen molar-refractivity contribution in [3.05, 3.63) is 47.8 Å². The number of hydrogen-bond donors (Lipinski definition) is 1. The number of likely N-dealkylation sites (N-methyl/N-ethyl adjacent to an activating group) is 1. The number of hydrogen-bond acceptors (Lipinski definition) is 2. The molecule has 0 amide bonds. The predicted octanol–water partition coefficient (Wildman–Crippen LogP) is 2.93. The lowest BCUT2D eigenvalue weighted by atomic mass is 9.87. The van der Waals surface area contributed by atoms with Crippen molar-refractivity contribution in [2.45, 2.75) is 32.6 Å². The molecule has 0 unspecified atom stereocenters. The van der Waals surface area contributed by atoms with Crippen molar-refractivity contribution in [3.63, 3.8) is 0 Å². The largest absolute Gasteiger partial charge is 0.319 e. The summed E-state index contributed by atoms with van der Waals surface area (Å²) in [6.07, 6.45) is 2.99. The molecule has 0 atom stereocenters. The predicted molar refractivity (Wildman–Crippen MR) is 79.9 cm³/mol. The van der Waals surface area contributed by atoms with Crippen LogP contribution in [0.3, 0.4) is 0 Å². The van der Waals surface area contributed by atoms with Gasteiger partial charge in [0.05, 0.1) is 11.4 Å². The van der Waals surface area contributed by atoms with Gasteiger partial charge in [-0.05, 0) is 36.2 Å². The Hall–Kier alpha value is -1.61. The van der Waals surface area contributed by atoms with E-state index in [0.717, 1.165) is 24.3 Å². The van der Waals surface area contributed by atoms with Gasteiger partial charge in [-0.25, -0.2) is 4.68 Å². The Morgan fingerprint density at radius 1 is 1.11 bits per heavy atom. The van der Waals surface area contributed by atoms with Gasteiger partial charge in [-0.3, -0.25) is 0 Å². The van der Waals surface area contributed by atoms with E-state index >= 15 is 0 Å². The topological polar surface area (TPSA) is 29.9 Å². The molecule has 0 saturated heterocycles. The minimum absolute atomic E-state index is 0.195. The van der Waals surface area contributed by atoms with Crippen LogP contribution in [0, 0.1) is 0 Å². The molecule has 3 heteroatoms. The molecule has 1 aromatic heterocycles. The first kappa shape index (κ1) is 13.8. The number of nitrogens with one attached hydrogen (secondary N) is 1. The lowest BCUT2D eigenvalue weighted by molar-refractivity contribution is 0.590. The minimum atomic E-state index is 0.195. The van der Waals surface area contributed by atoms with E-state index < -0.39 is 0 Å². The summed E-state index contributed by atoms with van der Waals surface area (Å²) in [6.45, 7) is 7.64. The minimum Gasteiger partial charge on any atom is -0.319 e. The Morgan fingerprint density at radius 3 is 2.37 bits per heavy atom. The Morgan fingerprint density at radius 2 is 1.79 bits per heavy atom. The van der Waals surface area contributed by atoms with E-state index in [4.69, 9.17) is 0 Å². The molecule has 0 fully saturated rings. The zero-order valence-electron chi connectivity index (χ0n) is 12.3. The lowest BCUT2D eigenvalue weighted by Gasteiger charge is -2.19. The van der Waals surface area contributed by atoms with Crippen molar-refractivity contribution >= 4 is 0 Å². The van der Waals surface area contributed by atoms with E-state index in [1.165, 1.54) is 5.56 Å². The van der Waals surface area contributed by atoms with Crippen LogP contribution >= 0.6 is 0 Å². The van der Waals surface area contributed by atoms with Gasteiger partial charge in [0, 0.05) is 19.2 Å². The van der Waals surface area contributed by atoms with E-state index in [2.05, 4.69) is 61.5 Å². The van der Waals surface area contributed by atoms with Gasteiger partial charge in [0.15, 0.2) is 0 Å². The molecule has 102 valence electrons. The van der Waals surface area contributed by atoms with Crippen LogP contribution in [0.2, 0.25) is 0 Å². The van der Waals surface area contributed by atoms with E-state index in [0.29, 0.717) is 0 Å². The summed E-state index contributed by atoms with van der Waals surface area (Å²) in [5.41, 5.74) is 3.78. The summed E-state index contributed by atoms with van der Waals surface area (Å²) >= 11 is 0. The second-order valence-electron chi connectivity index (χ2n) is 5.90. The molecule has 0 saturated carbocycles. The number of rotatable bonds is 4. The fourth-order valence-corrected chi connectivity index (χ4v) is 2.01. The highest BCUT2D eigenvalue weighted by molar-refractivity contribution is 5.36. The Labute approximate surface area is 115 Å². The highest BCUT2D eigenvalue weighted by Crippen LogP contribution is 2.23. The highest BCUT2D eigenvalue weighted by atomic mass is 15.3. The third kappa shape index (κ3) is 3.44. The normalized spacial score (nSPS) is 11.8. The van der Waals surface area contributed by atoms with Crippen LogP contribution < -0.4 is 5.32 Å². The first-order valence-electron chi connectivity index (χ1n) is 6.81. The monoisotopic (exact) mass is 257 g/mol. The maximum absolute atomic E-state index is 4.59. The van der Waals surface area contributed by atoms with Gasteiger partial charge in [0.2, 0.25) is 0 Å².